The first kappa shape index (κ1) is 12.3. The molecule has 0 atom stereocenters. The molecule has 0 aliphatic heterocycles. The number of rotatable bonds is 2. The van der Waals surface area contributed by atoms with Gasteiger partial charge in [-0.15, -0.1) is 0 Å². The smallest absolute Gasteiger partial charge is 0.269 e. The number of carbonyl (C=O) groups excluding carboxylic acids is 1. The second kappa shape index (κ2) is 4.41. The van der Waals surface area contributed by atoms with Crippen molar-refractivity contribution in [3.8, 4) is 11.1 Å². The van der Waals surface area contributed by atoms with Crippen LogP contribution in [0.25, 0.3) is 22.0 Å². The molecule has 0 aliphatic carbocycles. The number of halogens is 2. The Hall–Kier alpha value is -2.76. The number of nitrogens with two attached hydrogens (primary N) is 1. The number of hydrogen-bond acceptors (Lipinski definition) is 2. The van der Waals surface area contributed by atoms with Gasteiger partial charge in [0.1, 0.15) is 0 Å². The second-order valence-corrected chi connectivity index (χ2v) is 4.30. The third-order valence-electron chi connectivity index (χ3n) is 3.06. The zero-order valence-corrected chi connectivity index (χ0v) is 10.2. The highest BCUT2D eigenvalue weighted by molar-refractivity contribution is 6.04. The van der Waals surface area contributed by atoms with E-state index in [1.807, 2.05) is 0 Å². The highest BCUT2D eigenvalue weighted by Gasteiger charge is 2.14. The Morgan fingerprint density at radius 2 is 2.00 bits per heavy atom. The van der Waals surface area contributed by atoms with E-state index in [9.17, 15) is 13.6 Å². The van der Waals surface area contributed by atoms with Gasteiger partial charge in [0.25, 0.3) is 5.91 Å². The normalized spacial score (nSPS) is 10.9. The largest absolute Gasteiger partial charge is 0.364 e. The molecule has 3 rings (SSSR count). The number of carbonyl (C=O) groups is 1. The van der Waals surface area contributed by atoms with E-state index < -0.39 is 17.5 Å². The summed E-state index contributed by atoms with van der Waals surface area (Å²) in [5.41, 5.74) is 6.43. The quantitative estimate of drug-likeness (QED) is 0.753. The highest BCUT2D eigenvalue weighted by Crippen LogP contribution is 2.28. The van der Waals surface area contributed by atoms with Gasteiger partial charge in [0, 0.05) is 10.9 Å². The number of aromatic nitrogens is 2. The first-order chi connectivity index (χ1) is 9.58. The summed E-state index contributed by atoms with van der Waals surface area (Å²) >= 11 is 0. The molecule has 6 heteroatoms. The number of nitrogens with one attached hydrogen (secondary N) is 1. The van der Waals surface area contributed by atoms with Crippen LogP contribution in [0.5, 0.6) is 0 Å². The summed E-state index contributed by atoms with van der Waals surface area (Å²) in [6, 6.07) is 8.73. The van der Waals surface area contributed by atoms with E-state index in [0.717, 1.165) is 6.07 Å². The molecule has 2 aromatic carbocycles. The van der Waals surface area contributed by atoms with Crippen LogP contribution in [0.15, 0.2) is 36.4 Å². The van der Waals surface area contributed by atoms with Crippen molar-refractivity contribution >= 4 is 16.8 Å². The van der Waals surface area contributed by atoms with E-state index in [4.69, 9.17) is 5.73 Å². The van der Waals surface area contributed by atoms with Crippen LogP contribution in [0.1, 0.15) is 10.5 Å². The molecule has 3 aromatic rings. The van der Waals surface area contributed by atoms with Crippen LogP contribution in [-0.2, 0) is 0 Å². The maximum absolute atomic E-state index is 13.8. The van der Waals surface area contributed by atoms with E-state index in [0.29, 0.717) is 16.5 Å². The predicted octanol–water partition coefficient (Wildman–Crippen LogP) is 2.61. The van der Waals surface area contributed by atoms with Crippen LogP contribution in [0, 0.1) is 11.6 Å². The van der Waals surface area contributed by atoms with Crippen LogP contribution < -0.4 is 5.73 Å². The number of aromatic amines is 1. The molecule has 0 saturated heterocycles. The van der Waals surface area contributed by atoms with E-state index in [1.54, 1.807) is 18.2 Å². The molecule has 0 aliphatic rings. The molecular weight excluding hydrogens is 264 g/mol. The molecule has 0 unspecified atom stereocenters. The van der Waals surface area contributed by atoms with Crippen molar-refractivity contribution in [1.82, 2.24) is 10.2 Å². The van der Waals surface area contributed by atoms with Gasteiger partial charge in [0.2, 0.25) is 0 Å². The van der Waals surface area contributed by atoms with Crippen molar-refractivity contribution in [2.45, 2.75) is 0 Å². The molecular formula is C14H9F2N3O. The summed E-state index contributed by atoms with van der Waals surface area (Å²) in [6.07, 6.45) is 0. The predicted molar refractivity (Wildman–Crippen MR) is 70.0 cm³/mol. The molecule has 4 nitrogen and oxygen atoms in total. The molecule has 0 bridgehead atoms. The topological polar surface area (TPSA) is 71.8 Å². The van der Waals surface area contributed by atoms with Gasteiger partial charge in [-0.25, -0.2) is 8.78 Å². The Balaban J connectivity index is 2.24. The third-order valence-corrected chi connectivity index (χ3v) is 3.06. The number of fused-ring (bicyclic) bond motifs is 1. The van der Waals surface area contributed by atoms with Gasteiger partial charge in [0.15, 0.2) is 17.3 Å². The first-order valence-corrected chi connectivity index (χ1v) is 5.80. The molecule has 3 N–H and O–H groups in total. The summed E-state index contributed by atoms with van der Waals surface area (Å²) in [6.45, 7) is 0. The second-order valence-electron chi connectivity index (χ2n) is 4.30. The Kier molecular flexibility index (Phi) is 2.71. The van der Waals surface area contributed by atoms with Crippen molar-refractivity contribution in [2.24, 2.45) is 5.73 Å². The fraction of sp³-hybridized carbons (Fsp3) is 0. The molecule has 0 saturated carbocycles. The van der Waals surface area contributed by atoms with Gasteiger partial charge in [-0.3, -0.25) is 9.89 Å². The minimum absolute atomic E-state index is 0.0682. The molecule has 0 spiro atoms. The fourth-order valence-corrected chi connectivity index (χ4v) is 2.10. The van der Waals surface area contributed by atoms with Gasteiger partial charge >= 0.3 is 0 Å². The third kappa shape index (κ3) is 1.82. The average Bonchev–Trinajstić information content (AvgIpc) is 2.85. The van der Waals surface area contributed by atoms with Gasteiger partial charge in [0.05, 0.1) is 5.52 Å². The SMILES string of the molecule is NC(=O)c1n[nH]c2ccc(-c3cccc(F)c3F)cc12. The molecule has 1 heterocycles. The minimum Gasteiger partial charge on any atom is -0.364 e. The summed E-state index contributed by atoms with van der Waals surface area (Å²) in [7, 11) is 0. The van der Waals surface area contributed by atoms with Crippen LogP contribution >= 0.6 is 0 Å². The lowest BCUT2D eigenvalue weighted by molar-refractivity contribution is 0.0997. The van der Waals surface area contributed by atoms with Crippen molar-refractivity contribution in [3.63, 3.8) is 0 Å². The molecule has 1 amide bonds. The zero-order chi connectivity index (χ0) is 14.3. The molecule has 0 fully saturated rings. The average molecular weight is 273 g/mol. The fourth-order valence-electron chi connectivity index (χ4n) is 2.10. The van der Waals surface area contributed by atoms with Gasteiger partial charge in [-0.2, -0.15) is 5.10 Å². The number of nitrogens with zero attached hydrogens (tertiary/aromatic N) is 1. The van der Waals surface area contributed by atoms with E-state index >= 15 is 0 Å². The lowest BCUT2D eigenvalue weighted by Gasteiger charge is -2.04. The summed E-state index contributed by atoms with van der Waals surface area (Å²) < 4.78 is 27.0. The molecule has 100 valence electrons. The number of primary amides is 1. The molecule has 20 heavy (non-hydrogen) atoms. The maximum Gasteiger partial charge on any atom is 0.269 e. The highest BCUT2D eigenvalue weighted by atomic mass is 19.2. The summed E-state index contributed by atoms with van der Waals surface area (Å²) in [4.78, 5) is 11.3. The van der Waals surface area contributed by atoms with Gasteiger partial charge in [-0.1, -0.05) is 18.2 Å². The van der Waals surface area contributed by atoms with Crippen LogP contribution in [0.2, 0.25) is 0 Å². The Morgan fingerprint density at radius 3 is 2.75 bits per heavy atom. The van der Waals surface area contributed by atoms with Crippen molar-refractivity contribution in [1.29, 1.82) is 0 Å². The maximum atomic E-state index is 13.8. The lowest BCUT2D eigenvalue weighted by Crippen LogP contribution is -2.11. The number of benzene rings is 2. The first-order valence-electron chi connectivity index (χ1n) is 5.80. The summed E-state index contributed by atoms with van der Waals surface area (Å²) in [5, 5.41) is 6.93. The number of hydrogen-bond donors (Lipinski definition) is 2. The Bertz CT molecular complexity index is 826. The zero-order valence-electron chi connectivity index (χ0n) is 10.2. The molecule has 1 aromatic heterocycles. The van der Waals surface area contributed by atoms with Gasteiger partial charge in [-0.05, 0) is 23.8 Å². The van der Waals surface area contributed by atoms with Crippen molar-refractivity contribution in [3.05, 3.63) is 53.7 Å². The summed E-state index contributed by atoms with van der Waals surface area (Å²) in [5.74, 6) is -2.55. The minimum atomic E-state index is -0.934. The van der Waals surface area contributed by atoms with E-state index in [2.05, 4.69) is 10.2 Å². The van der Waals surface area contributed by atoms with Crippen LogP contribution in [0.3, 0.4) is 0 Å². The van der Waals surface area contributed by atoms with E-state index in [1.165, 1.54) is 12.1 Å². The van der Waals surface area contributed by atoms with Crippen molar-refractivity contribution in [2.75, 3.05) is 0 Å². The monoisotopic (exact) mass is 273 g/mol. The number of H-pyrrole nitrogens is 1. The van der Waals surface area contributed by atoms with Gasteiger partial charge < -0.3 is 5.73 Å². The molecule has 0 radical (unpaired) electrons. The Labute approximate surface area is 112 Å². The lowest BCUT2D eigenvalue weighted by atomic mass is 10.0. The Morgan fingerprint density at radius 1 is 1.20 bits per heavy atom. The van der Waals surface area contributed by atoms with Crippen LogP contribution in [-0.4, -0.2) is 16.1 Å². The number of amides is 1. The van der Waals surface area contributed by atoms with E-state index in [-0.39, 0.29) is 11.3 Å². The van der Waals surface area contributed by atoms with Crippen LogP contribution in [0.4, 0.5) is 8.78 Å². The standard InChI is InChI=1S/C14H9F2N3O/c15-10-3-1-2-8(12(10)16)7-4-5-11-9(6-7)13(14(17)20)19-18-11/h1-6H,(H2,17,20)(H,18,19). The van der Waals surface area contributed by atoms with Crippen molar-refractivity contribution < 1.29 is 13.6 Å².